The van der Waals surface area contributed by atoms with Gasteiger partial charge in [-0.1, -0.05) is 77.3 Å². The van der Waals surface area contributed by atoms with Crippen LogP contribution in [0.2, 0.25) is 15.1 Å². The molecule has 0 aliphatic rings. The zero-order valence-electron chi connectivity index (χ0n) is 20.2. The summed E-state index contributed by atoms with van der Waals surface area (Å²) < 4.78 is 26.4. The van der Waals surface area contributed by atoms with E-state index in [1.807, 2.05) is 30.3 Å². The number of carbonyl (C=O) groups is 2. The van der Waals surface area contributed by atoms with Gasteiger partial charge in [0, 0.05) is 40.6 Å². The topological polar surface area (TPSA) is 86.8 Å². The lowest BCUT2D eigenvalue weighted by Gasteiger charge is -2.33. The molecule has 0 aliphatic carbocycles. The molecule has 11 heteroatoms. The molecular formula is C26H26Cl3N3O4S. The van der Waals surface area contributed by atoms with Crippen molar-refractivity contribution in [3.8, 4) is 0 Å². The van der Waals surface area contributed by atoms with Crippen LogP contribution in [0, 0.1) is 0 Å². The van der Waals surface area contributed by atoms with E-state index in [1.165, 1.54) is 24.1 Å². The Morgan fingerprint density at radius 2 is 1.54 bits per heavy atom. The number of nitrogens with zero attached hydrogens (tertiary/aromatic N) is 2. The summed E-state index contributed by atoms with van der Waals surface area (Å²) in [4.78, 5) is 28.3. The summed E-state index contributed by atoms with van der Waals surface area (Å²) in [5, 5.41) is 3.55. The lowest BCUT2D eigenvalue weighted by atomic mass is 10.0. The van der Waals surface area contributed by atoms with E-state index in [0.717, 1.165) is 16.1 Å². The highest BCUT2D eigenvalue weighted by Gasteiger charge is 2.33. The molecule has 1 N–H and O–H groups in total. The number of hydrogen-bond donors (Lipinski definition) is 1. The van der Waals surface area contributed by atoms with Gasteiger partial charge in [0.05, 0.1) is 11.9 Å². The molecule has 1 atom stereocenters. The Kier molecular flexibility index (Phi) is 9.84. The number of hydrogen-bond acceptors (Lipinski definition) is 4. The predicted octanol–water partition coefficient (Wildman–Crippen LogP) is 4.80. The summed E-state index contributed by atoms with van der Waals surface area (Å²) in [7, 11) is -2.42. The Labute approximate surface area is 232 Å². The summed E-state index contributed by atoms with van der Waals surface area (Å²) in [6.45, 7) is -0.682. The molecule has 37 heavy (non-hydrogen) atoms. The summed E-state index contributed by atoms with van der Waals surface area (Å²) in [6, 6.07) is 19.3. The third-order valence-corrected chi connectivity index (χ3v) is 7.77. The molecule has 0 spiro atoms. The standard InChI is InChI=1S/C26H26Cl3N3O4S/c1-30-26(34)24(14-18-8-4-3-5-9-18)31(16-21-22(28)12-7-13-23(21)29)25(33)17-32(37(2,35)36)20-11-6-10-19(27)15-20/h3-13,15,24H,14,16-17H2,1-2H3,(H,30,34)/t24-/m1/s1. The zero-order chi connectivity index (χ0) is 27.2. The van der Waals surface area contributed by atoms with Crippen molar-refractivity contribution in [3.63, 3.8) is 0 Å². The van der Waals surface area contributed by atoms with E-state index in [-0.39, 0.29) is 18.7 Å². The van der Waals surface area contributed by atoms with E-state index in [4.69, 9.17) is 34.8 Å². The van der Waals surface area contributed by atoms with Crippen LogP contribution in [0.5, 0.6) is 0 Å². The molecule has 2 amide bonds. The Morgan fingerprint density at radius 1 is 0.919 bits per heavy atom. The van der Waals surface area contributed by atoms with Gasteiger partial charge >= 0.3 is 0 Å². The van der Waals surface area contributed by atoms with Crippen molar-refractivity contribution in [2.75, 3.05) is 24.2 Å². The van der Waals surface area contributed by atoms with Crippen molar-refractivity contribution in [2.24, 2.45) is 0 Å². The van der Waals surface area contributed by atoms with E-state index in [1.54, 1.807) is 30.3 Å². The zero-order valence-corrected chi connectivity index (χ0v) is 23.3. The highest BCUT2D eigenvalue weighted by atomic mass is 35.5. The summed E-state index contributed by atoms with van der Waals surface area (Å²) >= 11 is 18.9. The minimum atomic E-state index is -3.89. The molecule has 3 rings (SSSR count). The highest BCUT2D eigenvalue weighted by Crippen LogP contribution is 2.28. The van der Waals surface area contributed by atoms with Gasteiger partial charge in [-0.15, -0.1) is 0 Å². The van der Waals surface area contributed by atoms with Gasteiger partial charge in [0.25, 0.3) is 0 Å². The average Bonchev–Trinajstić information content (AvgIpc) is 2.85. The highest BCUT2D eigenvalue weighted by molar-refractivity contribution is 7.92. The second-order valence-corrected chi connectivity index (χ2v) is 11.4. The number of nitrogens with one attached hydrogen (secondary N) is 1. The van der Waals surface area contributed by atoms with Gasteiger partial charge < -0.3 is 10.2 Å². The first-order valence-electron chi connectivity index (χ1n) is 11.2. The maximum atomic E-state index is 13.9. The fourth-order valence-corrected chi connectivity index (χ4v) is 5.36. The second kappa shape index (κ2) is 12.6. The number of rotatable bonds is 10. The van der Waals surface area contributed by atoms with Crippen LogP contribution in [0.3, 0.4) is 0 Å². The lowest BCUT2D eigenvalue weighted by Crippen LogP contribution is -2.53. The first-order chi connectivity index (χ1) is 17.5. The number of benzene rings is 3. The van der Waals surface area contributed by atoms with Crippen LogP contribution in [-0.4, -0.2) is 51.0 Å². The minimum absolute atomic E-state index is 0.116. The first-order valence-corrected chi connectivity index (χ1v) is 14.2. The quantitative estimate of drug-likeness (QED) is 0.372. The molecular weight excluding hydrogens is 557 g/mol. The fraction of sp³-hybridized carbons (Fsp3) is 0.231. The summed E-state index contributed by atoms with van der Waals surface area (Å²) in [5.41, 5.74) is 1.47. The van der Waals surface area contributed by atoms with E-state index in [0.29, 0.717) is 20.6 Å². The van der Waals surface area contributed by atoms with Crippen LogP contribution in [0.4, 0.5) is 5.69 Å². The van der Waals surface area contributed by atoms with Crippen LogP contribution < -0.4 is 9.62 Å². The SMILES string of the molecule is CNC(=O)[C@@H](Cc1ccccc1)N(Cc1c(Cl)cccc1Cl)C(=O)CN(c1cccc(Cl)c1)S(C)(=O)=O. The molecule has 0 aromatic heterocycles. The van der Waals surface area contributed by atoms with Gasteiger partial charge in [-0.2, -0.15) is 0 Å². The smallest absolute Gasteiger partial charge is 0.244 e. The number of halogens is 3. The van der Waals surface area contributed by atoms with Gasteiger partial charge in [-0.3, -0.25) is 13.9 Å². The Hall–Kier alpha value is -2.78. The van der Waals surface area contributed by atoms with Gasteiger partial charge in [0.2, 0.25) is 21.8 Å². The van der Waals surface area contributed by atoms with Gasteiger partial charge in [-0.05, 0) is 35.9 Å². The van der Waals surface area contributed by atoms with E-state index < -0.39 is 34.4 Å². The first kappa shape index (κ1) is 28.8. The number of likely N-dealkylation sites (N-methyl/N-ethyl adjacent to an activating group) is 1. The maximum absolute atomic E-state index is 13.9. The maximum Gasteiger partial charge on any atom is 0.244 e. The third-order valence-electron chi connectivity index (χ3n) is 5.68. The van der Waals surface area contributed by atoms with Gasteiger partial charge in [-0.25, -0.2) is 8.42 Å². The van der Waals surface area contributed by atoms with Crippen molar-refractivity contribution in [2.45, 2.75) is 19.0 Å². The van der Waals surface area contributed by atoms with Crippen LogP contribution in [0.1, 0.15) is 11.1 Å². The van der Waals surface area contributed by atoms with Crippen LogP contribution in [0.25, 0.3) is 0 Å². The molecule has 0 saturated heterocycles. The second-order valence-electron chi connectivity index (χ2n) is 8.29. The van der Waals surface area contributed by atoms with Gasteiger partial charge in [0.15, 0.2) is 0 Å². The van der Waals surface area contributed by atoms with E-state index in [2.05, 4.69) is 5.32 Å². The molecule has 0 heterocycles. The Bertz CT molecular complexity index is 1350. The molecule has 3 aromatic carbocycles. The molecule has 3 aromatic rings. The minimum Gasteiger partial charge on any atom is -0.357 e. The molecule has 0 unspecified atom stereocenters. The van der Waals surface area contributed by atoms with Crippen molar-refractivity contribution < 1.29 is 18.0 Å². The number of anilines is 1. The van der Waals surface area contributed by atoms with Crippen molar-refractivity contribution >= 4 is 62.3 Å². The van der Waals surface area contributed by atoms with Crippen LogP contribution >= 0.6 is 34.8 Å². The normalized spacial score (nSPS) is 12.0. The monoisotopic (exact) mass is 581 g/mol. The van der Waals surface area contributed by atoms with Crippen LogP contribution in [0.15, 0.2) is 72.8 Å². The number of carbonyl (C=O) groups excluding carboxylic acids is 2. The van der Waals surface area contributed by atoms with E-state index in [9.17, 15) is 18.0 Å². The number of amides is 2. The Balaban J connectivity index is 2.07. The molecule has 0 aliphatic heterocycles. The van der Waals surface area contributed by atoms with Crippen LogP contribution in [-0.2, 0) is 32.6 Å². The Morgan fingerprint density at radius 3 is 2.11 bits per heavy atom. The third kappa shape index (κ3) is 7.61. The largest absolute Gasteiger partial charge is 0.357 e. The van der Waals surface area contributed by atoms with Crippen molar-refractivity contribution in [3.05, 3.63) is 99.0 Å². The molecule has 0 radical (unpaired) electrons. The van der Waals surface area contributed by atoms with Crippen molar-refractivity contribution in [1.29, 1.82) is 0 Å². The molecule has 7 nitrogen and oxygen atoms in total. The molecule has 196 valence electrons. The van der Waals surface area contributed by atoms with Gasteiger partial charge in [0.1, 0.15) is 12.6 Å². The molecule has 0 bridgehead atoms. The summed E-state index contributed by atoms with van der Waals surface area (Å²) in [5.74, 6) is -1.04. The molecule has 0 fully saturated rings. The van der Waals surface area contributed by atoms with Crippen molar-refractivity contribution in [1.82, 2.24) is 10.2 Å². The lowest BCUT2D eigenvalue weighted by molar-refractivity contribution is -0.139. The summed E-state index contributed by atoms with van der Waals surface area (Å²) in [6.07, 6.45) is 1.18. The fourth-order valence-electron chi connectivity index (χ4n) is 3.82. The average molecular weight is 583 g/mol. The predicted molar refractivity (Wildman–Crippen MR) is 149 cm³/mol. The number of sulfonamides is 1. The van der Waals surface area contributed by atoms with E-state index >= 15 is 0 Å². The molecule has 0 saturated carbocycles.